The van der Waals surface area contributed by atoms with Crippen LogP contribution in [0.2, 0.25) is 0 Å². The summed E-state index contributed by atoms with van der Waals surface area (Å²) in [5.74, 6) is 0.598. The third-order valence-electron chi connectivity index (χ3n) is 3.64. The van der Waals surface area contributed by atoms with Crippen LogP contribution in [0.1, 0.15) is 11.1 Å². The molecule has 4 heterocycles. The van der Waals surface area contributed by atoms with E-state index >= 15 is 0 Å². The smallest absolute Gasteiger partial charge is 0.249 e. The van der Waals surface area contributed by atoms with Crippen molar-refractivity contribution in [3.05, 3.63) is 44.0 Å². The van der Waals surface area contributed by atoms with Crippen molar-refractivity contribution in [3.8, 4) is 11.8 Å². The van der Waals surface area contributed by atoms with Gasteiger partial charge in [-0.15, -0.1) is 10.2 Å². The molecule has 0 aromatic carbocycles. The fourth-order valence-electron chi connectivity index (χ4n) is 2.66. The van der Waals surface area contributed by atoms with Gasteiger partial charge in [0.2, 0.25) is 22.9 Å². The van der Waals surface area contributed by atoms with Crippen LogP contribution in [0.25, 0.3) is 22.1 Å². The first-order valence-corrected chi connectivity index (χ1v) is 6.87. The summed E-state index contributed by atoms with van der Waals surface area (Å²) < 4.78 is 5.80. The minimum absolute atomic E-state index is 0.219. The standard InChI is InChI=1S/C14H12N6O3/c1-5-3-7(21)15-11-9(5)13(19-17-11)23-14-10-6(2)4-8(22)16-12(10)18-20-14/h3-4H,1-2H3,(H2,15,17,19,21)(H2,16,18,20,22). The Morgan fingerprint density at radius 2 is 1.26 bits per heavy atom. The molecular formula is C14H12N6O3. The SMILES string of the molecule is Cc1cc(=O)[nH]c2[nH]nc(Oc3n[nH]c4[nH]c(=O)cc(C)c34)c12. The number of aromatic amines is 4. The number of pyridine rings is 2. The van der Waals surface area contributed by atoms with Crippen LogP contribution in [0.15, 0.2) is 21.7 Å². The van der Waals surface area contributed by atoms with Crippen LogP contribution in [-0.2, 0) is 0 Å². The van der Waals surface area contributed by atoms with Crippen molar-refractivity contribution in [3.63, 3.8) is 0 Å². The molecule has 9 heteroatoms. The normalized spacial score (nSPS) is 11.4. The molecule has 4 aromatic heterocycles. The summed E-state index contributed by atoms with van der Waals surface area (Å²) in [6, 6.07) is 2.94. The molecule has 0 saturated carbocycles. The van der Waals surface area contributed by atoms with Gasteiger partial charge in [0.25, 0.3) is 0 Å². The molecular weight excluding hydrogens is 300 g/mol. The van der Waals surface area contributed by atoms with Crippen molar-refractivity contribution in [1.82, 2.24) is 30.4 Å². The third-order valence-corrected chi connectivity index (χ3v) is 3.64. The van der Waals surface area contributed by atoms with Crippen molar-refractivity contribution >= 4 is 22.1 Å². The molecule has 0 aliphatic rings. The highest BCUT2D eigenvalue weighted by molar-refractivity contribution is 5.87. The molecule has 0 spiro atoms. The van der Waals surface area contributed by atoms with Gasteiger partial charge < -0.3 is 14.7 Å². The highest BCUT2D eigenvalue weighted by Crippen LogP contribution is 2.31. The molecule has 4 rings (SSSR count). The number of aryl methyl sites for hydroxylation is 2. The monoisotopic (exact) mass is 312 g/mol. The van der Waals surface area contributed by atoms with Crippen LogP contribution >= 0.6 is 0 Å². The summed E-state index contributed by atoms with van der Waals surface area (Å²) in [5.41, 5.74) is 1.99. The minimum Gasteiger partial charge on any atom is -0.416 e. The summed E-state index contributed by atoms with van der Waals surface area (Å²) in [6.45, 7) is 3.59. The van der Waals surface area contributed by atoms with E-state index in [1.165, 1.54) is 12.1 Å². The van der Waals surface area contributed by atoms with Gasteiger partial charge in [0.15, 0.2) is 0 Å². The van der Waals surface area contributed by atoms with Crippen molar-refractivity contribution in [2.24, 2.45) is 0 Å². The molecule has 116 valence electrons. The van der Waals surface area contributed by atoms with Gasteiger partial charge in [-0.3, -0.25) is 19.8 Å². The summed E-state index contributed by atoms with van der Waals surface area (Å²) >= 11 is 0. The molecule has 0 radical (unpaired) electrons. The van der Waals surface area contributed by atoms with Crippen molar-refractivity contribution in [2.75, 3.05) is 0 Å². The lowest BCUT2D eigenvalue weighted by Gasteiger charge is -2.02. The zero-order valence-corrected chi connectivity index (χ0v) is 12.3. The Bertz CT molecular complexity index is 1070. The van der Waals surface area contributed by atoms with Gasteiger partial charge in [0.05, 0.1) is 10.8 Å². The maximum atomic E-state index is 11.5. The number of ether oxygens (including phenoxy) is 1. The first-order valence-electron chi connectivity index (χ1n) is 6.87. The van der Waals surface area contributed by atoms with Crippen molar-refractivity contribution in [1.29, 1.82) is 0 Å². The lowest BCUT2D eigenvalue weighted by Crippen LogP contribution is -2.04. The topological polar surface area (TPSA) is 132 Å². The molecule has 9 nitrogen and oxygen atoms in total. The molecule has 0 aliphatic heterocycles. The second-order valence-corrected chi connectivity index (χ2v) is 5.29. The summed E-state index contributed by atoms with van der Waals surface area (Å²) in [5, 5.41) is 15.0. The largest absolute Gasteiger partial charge is 0.416 e. The number of hydrogen-bond acceptors (Lipinski definition) is 5. The zero-order valence-electron chi connectivity index (χ0n) is 12.3. The molecule has 0 unspecified atom stereocenters. The summed E-state index contributed by atoms with van der Waals surface area (Å²) in [4.78, 5) is 28.3. The third kappa shape index (κ3) is 2.01. The van der Waals surface area contributed by atoms with E-state index in [9.17, 15) is 9.59 Å². The van der Waals surface area contributed by atoms with Crippen molar-refractivity contribution < 1.29 is 4.74 Å². The maximum absolute atomic E-state index is 11.5. The fourth-order valence-corrected chi connectivity index (χ4v) is 2.66. The van der Waals surface area contributed by atoms with E-state index in [4.69, 9.17) is 4.74 Å². The van der Waals surface area contributed by atoms with Gasteiger partial charge in [-0.25, -0.2) is 0 Å². The van der Waals surface area contributed by atoms with E-state index in [0.717, 1.165) is 11.1 Å². The van der Waals surface area contributed by atoms with Crippen LogP contribution in [0.3, 0.4) is 0 Å². The predicted octanol–water partition coefficient (Wildman–Crippen LogP) is 1.22. The highest BCUT2D eigenvalue weighted by atomic mass is 16.5. The Morgan fingerprint density at radius 1 is 0.826 bits per heavy atom. The number of aromatic nitrogens is 6. The Labute approximate surface area is 127 Å². The van der Waals surface area contributed by atoms with E-state index in [0.29, 0.717) is 33.8 Å². The molecule has 0 bridgehead atoms. The summed E-state index contributed by atoms with van der Waals surface area (Å²) in [7, 11) is 0. The molecule has 0 amide bonds. The Hall–Kier alpha value is -3.36. The van der Waals surface area contributed by atoms with Gasteiger partial charge in [0.1, 0.15) is 11.3 Å². The summed E-state index contributed by atoms with van der Waals surface area (Å²) in [6.07, 6.45) is 0. The van der Waals surface area contributed by atoms with E-state index in [2.05, 4.69) is 30.4 Å². The Morgan fingerprint density at radius 3 is 1.70 bits per heavy atom. The number of nitrogens with zero attached hydrogens (tertiary/aromatic N) is 2. The first kappa shape index (κ1) is 13.3. The van der Waals surface area contributed by atoms with Gasteiger partial charge in [-0.1, -0.05) is 0 Å². The molecule has 0 saturated heterocycles. The number of hydrogen-bond donors (Lipinski definition) is 4. The minimum atomic E-state index is -0.219. The quantitative estimate of drug-likeness (QED) is 0.442. The maximum Gasteiger partial charge on any atom is 0.249 e. The lowest BCUT2D eigenvalue weighted by molar-refractivity contribution is 0.451. The second kappa shape index (κ2) is 4.57. The van der Waals surface area contributed by atoms with Gasteiger partial charge in [-0.05, 0) is 25.0 Å². The molecule has 23 heavy (non-hydrogen) atoms. The van der Waals surface area contributed by atoms with Crippen molar-refractivity contribution in [2.45, 2.75) is 13.8 Å². The van der Waals surface area contributed by atoms with E-state index in [1.807, 2.05) is 0 Å². The van der Waals surface area contributed by atoms with Gasteiger partial charge in [-0.2, -0.15) is 0 Å². The Kier molecular flexibility index (Phi) is 2.64. The zero-order chi connectivity index (χ0) is 16.1. The van der Waals surface area contributed by atoms with E-state index in [-0.39, 0.29) is 11.1 Å². The fraction of sp³-hybridized carbons (Fsp3) is 0.143. The first-order chi connectivity index (χ1) is 11.0. The Balaban J connectivity index is 1.89. The van der Waals surface area contributed by atoms with Crippen LogP contribution in [-0.4, -0.2) is 30.4 Å². The predicted molar refractivity (Wildman–Crippen MR) is 83.0 cm³/mol. The van der Waals surface area contributed by atoms with Crippen LogP contribution < -0.4 is 15.9 Å². The van der Waals surface area contributed by atoms with E-state index in [1.54, 1.807) is 13.8 Å². The number of nitrogens with one attached hydrogen (secondary N) is 4. The average molecular weight is 312 g/mol. The van der Waals surface area contributed by atoms with Gasteiger partial charge in [0, 0.05) is 12.1 Å². The molecule has 0 aliphatic carbocycles. The van der Waals surface area contributed by atoms with E-state index < -0.39 is 0 Å². The molecule has 4 N–H and O–H groups in total. The lowest BCUT2D eigenvalue weighted by atomic mass is 10.2. The molecule has 0 atom stereocenters. The van der Waals surface area contributed by atoms with Crippen LogP contribution in [0.5, 0.6) is 11.8 Å². The number of fused-ring (bicyclic) bond motifs is 2. The number of H-pyrrole nitrogens is 4. The second-order valence-electron chi connectivity index (χ2n) is 5.29. The number of rotatable bonds is 2. The van der Waals surface area contributed by atoms with Gasteiger partial charge >= 0.3 is 0 Å². The molecule has 4 aromatic rings. The average Bonchev–Trinajstić information content (AvgIpc) is 3.04. The van der Waals surface area contributed by atoms with Crippen LogP contribution in [0, 0.1) is 13.8 Å². The highest BCUT2D eigenvalue weighted by Gasteiger charge is 2.16. The molecule has 0 fully saturated rings. The van der Waals surface area contributed by atoms with Crippen LogP contribution in [0.4, 0.5) is 0 Å².